The first-order chi connectivity index (χ1) is 10.5. The van der Waals surface area contributed by atoms with E-state index in [2.05, 4.69) is 10.2 Å². The number of hydrogen-bond acceptors (Lipinski definition) is 2. The van der Waals surface area contributed by atoms with E-state index in [0.29, 0.717) is 17.1 Å². The van der Waals surface area contributed by atoms with Gasteiger partial charge in [-0.3, -0.25) is 4.79 Å². The number of benzene rings is 2. The number of nitrogens with zero attached hydrogens (tertiary/aromatic N) is 1. The van der Waals surface area contributed by atoms with E-state index in [1.54, 1.807) is 0 Å². The molecule has 0 bridgehead atoms. The van der Waals surface area contributed by atoms with Crippen LogP contribution in [0.4, 0.5) is 0 Å². The Balaban J connectivity index is 2.10. The van der Waals surface area contributed by atoms with Gasteiger partial charge in [0, 0.05) is 17.1 Å². The molecule has 3 nitrogen and oxygen atoms in total. The number of carbonyl (C=O) groups is 1. The van der Waals surface area contributed by atoms with E-state index in [-0.39, 0.29) is 11.9 Å². The molecule has 0 aliphatic heterocycles. The second-order valence-electron chi connectivity index (χ2n) is 5.58. The molecule has 22 heavy (non-hydrogen) atoms. The smallest absolute Gasteiger partial charge is 0.251 e. The second-order valence-corrected chi connectivity index (χ2v) is 5.99. The van der Waals surface area contributed by atoms with Gasteiger partial charge in [-0.1, -0.05) is 47.5 Å². The van der Waals surface area contributed by atoms with Gasteiger partial charge in [0.15, 0.2) is 0 Å². The van der Waals surface area contributed by atoms with Crippen LogP contribution in [0, 0.1) is 6.92 Å². The maximum absolute atomic E-state index is 12.3. The zero-order valence-electron chi connectivity index (χ0n) is 13.1. The van der Waals surface area contributed by atoms with Gasteiger partial charge in [-0.25, -0.2) is 0 Å². The molecule has 0 spiro atoms. The molecule has 2 rings (SSSR count). The molecule has 2 aromatic rings. The Morgan fingerprint density at radius 3 is 2.55 bits per heavy atom. The largest absolute Gasteiger partial charge is 0.350 e. The van der Waals surface area contributed by atoms with Crippen molar-refractivity contribution in [2.45, 2.75) is 13.0 Å². The summed E-state index contributed by atoms with van der Waals surface area (Å²) in [5.74, 6) is -0.0670. The molecule has 4 heteroatoms. The third-order valence-corrected chi connectivity index (χ3v) is 3.97. The summed E-state index contributed by atoms with van der Waals surface area (Å²) in [6.45, 7) is 2.48. The van der Waals surface area contributed by atoms with Crippen molar-refractivity contribution >= 4 is 17.5 Å². The average Bonchev–Trinajstić information content (AvgIpc) is 2.48. The van der Waals surface area contributed by atoms with Gasteiger partial charge in [-0.15, -0.1) is 0 Å². The van der Waals surface area contributed by atoms with Crippen LogP contribution in [0.25, 0.3) is 0 Å². The fourth-order valence-electron chi connectivity index (χ4n) is 2.39. The molecule has 0 saturated carbocycles. The van der Waals surface area contributed by atoms with E-state index in [1.807, 2.05) is 69.6 Å². The van der Waals surface area contributed by atoms with Crippen LogP contribution >= 0.6 is 11.6 Å². The zero-order valence-corrected chi connectivity index (χ0v) is 13.9. The molecule has 116 valence electrons. The van der Waals surface area contributed by atoms with Crippen LogP contribution in [0.2, 0.25) is 5.02 Å². The highest BCUT2D eigenvalue weighted by Crippen LogP contribution is 2.25. The predicted octanol–water partition coefficient (Wildman–Crippen LogP) is 3.68. The molecule has 1 atom stereocenters. The maximum Gasteiger partial charge on any atom is 0.251 e. The van der Waals surface area contributed by atoms with Crippen LogP contribution in [0.3, 0.4) is 0 Å². The molecular weight excluding hydrogens is 296 g/mol. The van der Waals surface area contributed by atoms with Gasteiger partial charge in [0.25, 0.3) is 5.91 Å². The van der Waals surface area contributed by atoms with Crippen molar-refractivity contribution in [2.24, 2.45) is 0 Å². The number of aryl methyl sites for hydroxylation is 1. The zero-order chi connectivity index (χ0) is 16.1. The number of hydrogen-bond donors (Lipinski definition) is 1. The summed E-state index contributed by atoms with van der Waals surface area (Å²) >= 11 is 6.28. The lowest BCUT2D eigenvalue weighted by Crippen LogP contribution is -2.34. The summed E-state index contributed by atoms with van der Waals surface area (Å²) in [5.41, 5.74) is 2.76. The highest BCUT2D eigenvalue weighted by Gasteiger charge is 2.18. The quantitative estimate of drug-likeness (QED) is 0.912. The summed E-state index contributed by atoms with van der Waals surface area (Å²) in [5, 5.41) is 3.71. The van der Waals surface area contributed by atoms with E-state index < -0.39 is 0 Å². The summed E-state index contributed by atoms with van der Waals surface area (Å²) in [4.78, 5) is 14.3. The molecule has 1 amide bonds. The number of halogens is 1. The van der Waals surface area contributed by atoms with Gasteiger partial charge in [0.2, 0.25) is 0 Å². The molecule has 1 N–H and O–H groups in total. The monoisotopic (exact) mass is 316 g/mol. The Morgan fingerprint density at radius 2 is 1.91 bits per heavy atom. The molecule has 0 heterocycles. The minimum atomic E-state index is -0.0670. The maximum atomic E-state index is 12.3. The molecule has 0 aromatic heterocycles. The number of nitrogens with one attached hydrogen (secondary N) is 1. The molecule has 0 aliphatic rings. The fourth-order valence-corrected chi connectivity index (χ4v) is 2.66. The number of likely N-dealkylation sites (N-methyl/N-ethyl adjacent to an activating group) is 1. The lowest BCUT2D eigenvalue weighted by molar-refractivity contribution is 0.0942. The lowest BCUT2D eigenvalue weighted by Gasteiger charge is -2.26. The average molecular weight is 317 g/mol. The van der Waals surface area contributed by atoms with E-state index in [4.69, 9.17) is 11.6 Å². The van der Waals surface area contributed by atoms with Gasteiger partial charge >= 0.3 is 0 Å². The Bertz CT molecular complexity index is 655. The van der Waals surface area contributed by atoms with Gasteiger partial charge in [0.1, 0.15) is 0 Å². The molecule has 0 aliphatic carbocycles. The molecule has 0 radical (unpaired) electrons. The van der Waals surface area contributed by atoms with Crippen LogP contribution in [0.15, 0.2) is 48.5 Å². The fraction of sp³-hybridized carbons (Fsp3) is 0.278. The van der Waals surface area contributed by atoms with Crippen molar-refractivity contribution in [3.05, 3.63) is 70.2 Å². The number of rotatable bonds is 5. The van der Waals surface area contributed by atoms with Crippen molar-refractivity contribution in [1.82, 2.24) is 10.2 Å². The molecule has 0 saturated heterocycles. The number of amides is 1. The van der Waals surface area contributed by atoms with Gasteiger partial charge in [0.05, 0.1) is 6.04 Å². The minimum absolute atomic E-state index is 0.0301. The van der Waals surface area contributed by atoms with Crippen molar-refractivity contribution in [1.29, 1.82) is 0 Å². The summed E-state index contributed by atoms with van der Waals surface area (Å²) in [7, 11) is 3.96. The highest BCUT2D eigenvalue weighted by atomic mass is 35.5. The van der Waals surface area contributed by atoms with Crippen molar-refractivity contribution in [3.63, 3.8) is 0 Å². The Hall–Kier alpha value is -1.84. The second kappa shape index (κ2) is 7.43. The third kappa shape index (κ3) is 4.09. The number of carbonyl (C=O) groups excluding carboxylic acids is 1. The van der Waals surface area contributed by atoms with E-state index in [0.717, 1.165) is 11.1 Å². The summed E-state index contributed by atoms with van der Waals surface area (Å²) in [6.07, 6.45) is 0. The first-order valence-electron chi connectivity index (χ1n) is 7.24. The topological polar surface area (TPSA) is 32.3 Å². The third-order valence-electron chi connectivity index (χ3n) is 3.62. The molecule has 2 aromatic carbocycles. The van der Waals surface area contributed by atoms with Crippen molar-refractivity contribution in [2.75, 3.05) is 20.6 Å². The Kier molecular flexibility index (Phi) is 5.58. The van der Waals surface area contributed by atoms with E-state index in [1.165, 1.54) is 0 Å². The van der Waals surface area contributed by atoms with Crippen LogP contribution in [0.1, 0.15) is 27.5 Å². The van der Waals surface area contributed by atoms with E-state index in [9.17, 15) is 4.79 Å². The van der Waals surface area contributed by atoms with Gasteiger partial charge in [-0.05, 0) is 44.8 Å². The van der Waals surface area contributed by atoms with Crippen molar-refractivity contribution < 1.29 is 4.79 Å². The summed E-state index contributed by atoms with van der Waals surface area (Å²) < 4.78 is 0. The van der Waals surface area contributed by atoms with E-state index >= 15 is 0 Å². The van der Waals surface area contributed by atoms with Crippen LogP contribution in [-0.2, 0) is 0 Å². The standard InChI is InChI=1S/C18H21ClN2O/c1-13-7-6-8-14(11-13)18(22)20-12-17(21(2)3)15-9-4-5-10-16(15)19/h4-11,17H,12H2,1-3H3,(H,20,22). The minimum Gasteiger partial charge on any atom is -0.350 e. The van der Waals surface area contributed by atoms with Crippen molar-refractivity contribution in [3.8, 4) is 0 Å². The van der Waals surface area contributed by atoms with Crippen LogP contribution < -0.4 is 5.32 Å². The SMILES string of the molecule is Cc1cccc(C(=O)NCC(c2ccccc2Cl)N(C)C)c1. The Labute approximate surface area is 136 Å². The first kappa shape index (κ1) is 16.5. The van der Waals surface area contributed by atoms with Crippen LogP contribution in [-0.4, -0.2) is 31.4 Å². The molecule has 1 unspecified atom stereocenters. The van der Waals surface area contributed by atoms with Crippen LogP contribution in [0.5, 0.6) is 0 Å². The van der Waals surface area contributed by atoms with Gasteiger partial charge in [-0.2, -0.15) is 0 Å². The summed E-state index contributed by atoms with van der Waals surface area (Å²) in [6, 6.07) is 15.3. The Morgan fingerprint density at radius 1 is 1.18 bits per heavy atom. The molecular formula is C18H21ClN2O. The molecule has 0 fully saturated rings. The lowest BCUT2D eigenvalue weighted by atomic mass is 10.1. The van der Waals surface area contributed by atoms with Gasteiger partial charge < -0.3 is 10.2 Å². The first-order valence-corrected chi connectivity index (χ1v) is 7.62. The predicted molar refractivity (Wildman–Crippen MR) is 91.4 cm³/mol. The normalized spacial score (nSPS) is 12.2. The highest BCUT2D eigenvalue weighted by molar-refractivity contribution is 6.31.